The maximum atomic E-state index is 12.5. The molecule has 128 valence electrons. The van der Waals surface area contributed by atoms with E-state index in [1.54, 1.807) is 6.20 Å². The Balaban J connectivity index is 1.42. The molecule has 0 aliphatic carbocycles. The molecule has 1 atom stereocenters. The number of H-pyrrole nitrogens is 1. The standard InChI is InChI=1S/C18H24N4O2/c23-18(19-9-11-24-14-15-6-2-1-3-7-15)22-10-5-4-8-17(22)16-12-20-21-13-16/h1-3,6-7,12-13,17H,4-5,8-11,14H2,(H,19,23)(H,20,21)/t17-/m1/s1. The molecule has 1 saturated heterocycles. The SMILES string of the molecule is O=C(NCCOCc1ccccc1)N1CCCC[C@@H]1c1cn[nH]c1. The van der Waals surface area contributed by atoms with Gasteiger partial charge in [0, 0.05) is 24.8 Å². The fourth-order valence-corrected chi connectivity index (χ4v) is 3.06. The Bertz CT molecular complexity index is 615. The molecule has 1 aromatic heterocycles. The van der Waals surface area contributed by atoms with Crippen molar-refractivity contribution in [3.63, 3.8) is 0 Å². The van der Waals surface area contributed by atoms with Crippen LogP contribution in [0, 0.1) is 0 Å². The topological polar surface area (TPSA) is 70.2 Å². The predicted molar refractivity (Wildman–Crippen MR) is 91.4 cm³/mol. The first-order valence-corrected chi connectivity index (χ1v) is 8.49. The molecule has 0 radical (unpaired) electrons. The van der Waals surface area contributed by atoms with Crippen LogP contribution in [-0.4, -0.2) is 40.8 Å². The lowest BCUT2D eigenvalue weighted by Crippen LogP contribution is -2.45. The first-order chi connectivity index (χ1) is 11.8. The van der Waals surface area contributed by atoms with Crippen molar-refractivity contribution in [2.45, 2.75) is 31.9 Å². The Morgan fingerprint density at radius 2 is 2.21 bits per heavy atom. The zero-order chi connectivity index (χ0) is 16.6. The fourth-order valence-electron chi connectivity index (χ4n) is 3.06. The minimum absolute atomic E-state index is 0.0239. The molecule has 6 nitrogen and oxygen atoms in total. The lowest BCUT2D eigenvalue weighted by molar-refractivity contribution is 0.116. The number of rotatable bonds is 6. The summed E-state index contributed by atoms with van der Waals surface area (Å²) in [5, 5.41) is 9.80. The number of amides is 2. The summed E-state index contributed by atoms with van der Waals surface area (Å²) in [7, 11) is 0. The van der Waals surface area contributed by atoms with E-state index in [9.17, 15) is 4.79 Å². The second kappa shape index (κ2) is 8.49. The molecule has 1 aliphatic rings. The van der Waals surface area contributed by atoms with Crippen molar-refractivity contribution >= 4 is 6.03 Å². The van der Waals surface area contributed by atoms with Crippen molar-refractivity contribution < 1.29 is 9.53 Å². The summed E-state index contributed by atoms with van der Waals surface area (Å²) in [6.45, 7) is 2.37. The van der Waals surface area contributed by atoms with Crippen molar-refractivity contribution in [1.82, 2.24) is 20.4 Å². The molecular weight excluding hydrogens is 304 g/mol. The van der Waals surface area contributed by atoms with Crippen LogP contribution in [0.15, 0.2) is 42.7 Å². The Morgan fingerprint density at radius 1 is 1.33 bits per heavy atom. The van der Waals surface area contributed by atoms with Gasteiger partial charge >= 0.3 is 6.03 Å². The monoisotopic (exact) mass is 328 g/mol. The molecule has 0 unspecified atom stereocenters. The maximum Gasteiger partial charge on any atom is 0.317 e. The molecule has 2 aromatic rings. The fraction of sp³-hybridized carbons (Fsp3) is 0.444. The lowest BCUT2D eigenvalue weighted by atomic mass is 9.98. The van der Waals surface area contributed by atoms with E-state index in [-0.39, 0.29) is 12.1 Å². The Labute approximate surface area is 142 Å². The molecule has 0 spiro atoms. The number of aromatic nitrogens is 2. The van der Waals surface area contributed by atoms with Gasteiger partial charge in [-0.3, -0.25) is 5.10 Å². The zero-order valence-corrected chi connectivity index (χ0v) is 13.8. The van der Waals surface area contributed by atoms with Crippen LogP contribution in [-0.2, 0) is 11.3 Å². The van der Waals surface area contributed by atoms with E-state index in [0.717, 1.165) is 36.9 Å². The number of nitrogens with one attached hydrogen (secondary N) is 2. The number of benzene rings is 1. The summed E-state index contributed by atoms with van der Waals surface area (Å²) in [4.78, 5) is 14.4. The van der Waals surface area contributed by atoms with Gasteiger partial charge < -0.3 is 15.0 Å². The summed E-state index contributed by atoms with van der Waals surface area (Å²) in [6, 6.07) is 10.1. The highest BCUT2D eigenvalue weighted by Crippen LogP contribution is 2.30. The van der Waals surface area contributed by atoms with Gasteiger partial charge in [0.2, 0.25) is 0 Å². The number of likely N-dealkylation sites (tertiary alicyclic amines) is 1. The maximum absolute atomic E-state index is 12.5. The molecule has 1 aliphatic heterocycles. The number of hydrogen-bond donors (Lipinski definition) is 2. The number of aromatic amines is 1. The zero-order valence-electron chi connectivity index (χ0n) is 13.8. The lowest BCUT2D eigenvalue weighted by Gasteiger charge is -2.35. The van der Waals surface area contributed by atoms with Crippen LogP contribution < -0.4 is 5.32 Å². The average Bonchev–Trinajstić information content (AvgIpc) is 3.17. The van der Waals surface area contributed by atoms with E-state index in [2.05, 4.69) is 15.5 Å². The van der Waals surface area contributed by atoms with E-state index in [1.165, 1.54) is 0 Å². The molecule has 24 heavy (non-hydrogen) atoms. The molecule has 0 saturated carbocycles. The summed E-state index contributed by atoms with van der Waals surface area (Å²) >= 11 is 0. The molecule has 1 aromatic carbocycles. The minimum Gasteiger partial charge on any atom is -0.375 e. The third-order valence-corrected chi connectivity index (χ3v) is 4.30. The van der Waals surface area contributed by atoms with Crippen LogP contribution in [0.2, 0.25) is 0 Å². The first-order valence-electron chi connectivity index (χ1n) is 8.49. The molecule has 2 heterocycles. The van der Waals surface area contributed by atoms with Crippen LogP contribution in [0.4, 0.5) is 4.79 Å². The normalized spacial score (nSPS) is 17.7. The molecule has 2 amide bonds. The number of carbonyl (C=O) groups excluding carboxylic acids is 1. The van der Waals surface area contributed by atoms with Crippen LogP contribution in [0.5, 0.6) is 0 Å². The third kappa shape index (κ3) is 4.35. The molecule has 1 fully saturated rings. The van der Waals surface area contributed by atoms with Crippen LogP contribution in [0.3, 0.4) is 0 Å². The smallest absolute Gasteiger partial charge is 0.317 e. The summed E-state index contributed by atoms with van der Waals surface area (Å²) in [6.07, 6.45) is 6.85. The van der Waals surface area contributed by atoms with Crippen LogP contribution in [0.25, 0.3) is 0 Å². The Hall–Kier alpha value is -2.34. The highest BCUT2D eigenvalue weighted by Gasteiger charge is 2.28. The molecule has 2 N–H and O–H groups in total. The molecular formula is C18H24N4O2. The van der Waals surface area contributed by atoms with E-state index < -0.39 is 0 Å². The van der Waals surface area contributed by atoms with Gasteiger partial charge in [0.05, 0.1) is 25.5 Å². The number of carbonyl (C=O) groups is 1. The summed E-state index contributed by atoms with van der Waals surface area (Å²) < 4.78 is 5.61. The molecule has 6 heteroatoms. The van der Waals surface area contributed by atoms with Gasteiger partial charge in [-0.05, 0) is 24.8 Å². The van der Waals surface area contributed by atoms with Gasteiger partial charge in [-0.1, -0.05) is 30.3 Å². The second-order valence-electron chi connectivity index (χ2n) is 6.01. The highest BCUT2D eigenvalue weighted by molar-refractivity contribution is 5.74. The van der Waals surface area contributed by atoms with Crippen LogP contribution >= 0.6 is 0 Å². The number of nitrogens with zero attached hydrogens (tertiary/aromatic N) is 2. The van der Waals surface area contributed by atoms with Crippen molar-refractivity contribution in [2.75, 3.05) is 19.7 Å². The van der Waals surface area contributed by atoms with Gasteiger partial charge in [0.25, 0.3) is 0 Å². The van der Waals surface area contributed by atoms with Gasteiger partial charge in [-0.25, -0.2) is 4.79 Å². The average molecular weight is 328 g/mol. The number of urea groups is 1. The quantitative estimate of drug-likeness (QED) is 0.801. The van der Waals surface area contributed by atoms with Gasteiger partial charge in [-0.2, -0.15) is 5.10 Å². The molecule has 3 rings (SSSR count). The van der Waals surface area contributed by atoms with Gasteiger partial charge in [0.1, 0.15) is 0 Å². The largest absolute Gasteiger partial charge is 0.375 e. The summed E-state index contributed by atoms with van der Waals surface area (Å²) in [5.74, 6) is 0. The van der Waals surface area contributed by atoms with Crippen molar-refractivity contribution in [1.29, 1.82) is 0 Å². The number of hydrogen-bond acceptors (Lipinski definition) is 3. The van der Waals surface area contributed by atoms with E-state index in [4.69, 9.17) is 4.74 Å². The minimum atomic E-state index is -0.0239. The number of piperidine rings is 1. The van der Waals surface area contributed by atoms with Crippen molar-refractivity contribution in [3.8, 4) is 0 Å². The van der Waals surface area contributed by atoms with Gasteiger partial charge in [0.15, 0.2) is 0 Å². The Kier molecular flexibility index (Phi) is 5.85. The highest BCUT2D eigenvalue weighted by atomic mass is 16.5. The van der Waals surface area contributed by atoms with Crippen molar-refractivity contribution in [2.24, 2.45) is 0 Å². The van der Waals surface area contributed by atoms with E-state index >= 15 is 0 Å². The van der Waals surface area contributed by atoms with E-state index in [0.29, 0.717) is 19.8 Å². The second-order valence-corrected chi connectivity index (χ2v) is 6.01. The summed E-state index contributed by atoms with van der Waals surface area (Å²) in [5.41, 5.74) is 2.21. The van der Waals surface area contributed by atoms with Gasteiger partial charge in [-0.15, -0.1) is 0 Å². The Morgan fingerprint density at radius 3 is 3.00 bits per heavy atom. The third-order valence-electron chi connectivity index (χ3n) is 4.30. The van der Waals surface area contributed by atoms with Crippen LogP contribution in [0.1, 0.15) is 36.4 Å². The first kappa shape index (κ1) is 16.5. The molecule has 0 bridgehead atoms. The number of ether oxygens (including phenoxy) is 1. The van der Waals surface area contributed by atoms with Crippen molar-refractivity contribution in [3.05, 3.63) is 53.9 Å². The van der Waals surface area contributed by atoms with E-state index in [1.807, 2.05) is 41.4 Å². The predicted octanol–water partition coefficient (Wildman–Crippen LogP) is 2.86.